The lowest BCUT2D eigenvalue weighted by Gasteiger charge is -2.11. The Labute approximate surface area is 142 Å². The molecule has 1 N–H and O–H groups in total. The standard InChI is InChI=1S/C20H20N2O2/c1-4-15-6-9-17(10-7-15)22-20(24)18(12-21)19(23)16-8-5-13(2)14(3)11-16/h5-11,18H,4H2,1-3H3,(H,22,24). The molecule has 4 heteroatoms. The molecule has 0 bridgehead atoms. The largest absolute Gasteiger partial charge is 0.325 e. The van der Waals surface area contributed by atoms with Gasteiger partial charge < -0.3 is 5.32 Å². The third kappa shape index (κ3) is 3.88. The SMILES string of the molecule is CCc1ccc(NC(=O)C(C#N)C(=O)c2ccc(C)c(C)c2)cc1. The van der Waals surface area contributed by atoms with E-state index < -0.39 is 17.6 Å². The molecule has 1 atom stereocenters. The predicted molar refractivity (Wildman–Crippen MR) is 93.8 cm³/mol. The molecule has 0 heterocycles. The minimum Gasteiger partial charge on any atom is -0.325 e. The molecule has 122 valence electrons. The van der Waals surface area contributed by atoms with Crippen molar-refractivity contribution in [2.24, 2.45) is 5.92 Å². The molecule has 0 aliphatic heterocycles. The summed E-state index contributed by atoms with van der Waals surface area (Å²) >= 11 is 0. The van der Waals surface area contributed by atoms with Crippen molar-refractivity contribution < 1.29 is 9.59 Å². The minimum atomic E-state index is -1.36. The summed E-state index contributed by atoms with van der Waals surface area (Å²) in [5.41, 5.74) is 4.11. The highest BCUT2D eigenvalue weighted by Crippen LogP contribution is 2.16. The number of hydrogen-bond acceptors (Lipinski definition) is 3. The van der Waals surface area contributed by atoms with E-state index in [1.807, 2.05) is 45.0 Å². The normalized spacial score (nSPS) is 11.4. The lowest BCUT2D eigenvalue weighted by atomic mass is 9.95. The van der Waals surface area contributed by atoms with Gasteiger partial charge in [-0.15, -0.1) is 0 Å². The summed E-state index contributed by atoms with van der Waals surface area (Å²) in [6.07, 6.45) is 0.903. The highest BCUT2D eigenvalue weighted by Gasteiger charge is 2.27. The zero-order chi connectivity index (χ0) is 17.7. The van der Waals surface area contributed by atoms with Gasteiger partial charge in [0.25, 0.3) is 0 Å². The maximum Gasteiger partial charge on any atom is 0.249 e. The highest BCUT2D eigenvalue weighted by atomic mass is 16.2. The van der Waals surface area contributed by atoms with Gasteiger partial charge in [-0.2, -0.15) is 5.26 Å². The van der Waals surface area contributed by atoms with Crippen molar-refractivity contribution >= 4 is 17.4 Å². The molecule has 0 saturated carbocycles. The van der Waals surface area contributed by atoms with Crippen LogP contribution in [0, 0.1) is 31.1 Å². The summed E-state index contributed by atoms with van der Waals surface area (Å²) < 4.78 is 0. The van der Waals surface area contributed by atoms with Gasteiger partial charge in [0, 0.05) is 11.3 Å². The van der Waals surface area contributed by atoms with Crippen LogP contribution in [0.4, 0.5) is 5.69 Å². The fraction of sp³-hybridized carbons (Fsp3) is 0.250. The third-order valence-corrected chi connectivity index (χ3v) is 4.07. The Morgan fingerprint density at radius 1 is 1.08 bits per heavy atom. The molecule has 24 heavy (non-hydrogen) atoms. The second-order valence-corrected chi connectivity index (χ2v) is 5.77. The van der Waals surface area contributed by atoms with Crippen molar-refractivity contribution in [2.75, 3.05) is 5.32 Å². The van der Waals surface area contributed by atoms with E-state index in [0.29, 0.717) is 11.3 Å². The number of carbonyl (C=O) groups is 2. The van der Waals surface area contributed by atoms with Crippen LogP contribution in [0.1, 0.15) is 34.0 Å². The lowest BCUT2D eigenvalue weighted by molar-refractivity contribution is -0.117. The number of hydrogen-bond donors (Lipinski definition) is 1. The van der Waals surface area contributed by atoms with Crippen LogP contribution in [-0.4, -0.2) is 11.7 Å². The molecule has 2 rings (SSSR count). The van der Waals surface area contributed by atoms with Gasteiger partial charge in [0.05, 0.1) is 6.07 Å². The molecule has 4 nitrogen and oxygen atoms in total. The zero-order valence-electron chi connectivity index (χ0n) is 14.1. The van der Waals surface area contributed by atoms with E-state index in [1.54, 1.807) is 24.3 Å². The van der Waals surface area contributed by atoms with Crippen LogP contribution in [0.3, 0.4) is 0 Å². The monoisotopic (exact) mass is 320 g/mol. The quantitative estimate of drug-likeness (QED) is 0.672. The first-order chi connectivity index (χ1) is 11.5. The van der Waals surface area contributed by atoms with Crippen molar-refractivity contribution in [3.63, 3.8) is 0 Å². The Morgan fingerprint density at radius 2 is 1.75 bits per heavy atom. The van der Waals surface area contributed by atoms with E-state index in [1.165, 1.54) is 0 Å². The highest BCUT2D eigenvalue weighted by molar-refractivity contribution is 6.15. The number of aryl methyl sites for hydroxylation is 3. The molecule has 0 radical (unpaired) electrons. The van der Waals surface area contributed by atoms with Crippen molar-refractivity contribution in [1.82, 2.24) is 0 Å². The van der Waals surface area contributed by atoms with Gasteiger partial charge >= 0.3 is 0 Å². The lowest BCUT2D eigenvalue weighted by Crippen LogP contribution is -2.28. The fourth-order valence-corrected chi connectivity index (χ4v) is 2.34. The Morgan fingerprint density at radius 3 is 2.29 bits per heavy atom. The van der Waals surface area contributed by atoms with E-state index in [9.17, 15) is 14.9 Å². The number of nitrogens with one attached hydrogen (secondary N) is 1. The summed E-state index contributed by atoms with van der Waals surface area (Å²) in [5.74, 6) is -2.45. The Balaban J connectivity index is 2.16. The number of anilines is 1. The van der Waals surface area contributed by atoms with Gasteiger partial charge in [-0.05, 0) is 55.2 Å². The number of ketones is 1. The molecule has 0 aliphatic carbocycles. The minimum absolute atomic E-state index is 0.376. The first-order valence-electron chi connectivity index (χ1n) is 7.87. The first kappa shape index (κ1) is 17.4. The maximum absolute atomic E-state index is 12.5. The van der Waals surface area contributed by atoms with Crippen LogP contribution in [0.5, 0.6) is 0 Å². The Kier molecular flexibility index (Phi) is 5.49. The third-order valence-electron chi connectivity index (χ3n) is 4.07. The smallest absolute Gasteiger partial charge is 0.249 e. The van der Waals surface area contributed by atoms with Crippen LogP contribution in [0.25, 0.3) is 0 Å². The van der Waals surface area contributed by atoms with Crippen LogP contribution in [0.15, 0.2) is 42.5 Å². The van der Waals surface area contributed by atoms with E-state index >= 15 is 0 Å². The molecule has 1 unspecified atom stereocenters. The molecule has 0 aromatic heterocycles. The van der Waals surface area contributed by atoms with E-state index in [-0.39, 0.29) is 0 Å². The van der Waals surface area contributed by atoms with Crippen molar-refractivity contribution in [2.45, 2.75) is 27.2 Å². The molecule has 2 aromatic carbocycles. The predicted octanol–water partition coefficient (Wildman–Crippen LogP) is 3.83. The summed E-state index contributed by atoms with van der Waals surface area (Å²) in [7, 11) is 0. The van der Waals surface area contributed by atoms with Crippen molar-refractivity contribution in [3.05, 3.63) is 64.7 Å². The number of rotatable bonds is 5. The Bertz CT molecular complexity index is 801. The van der Waals surface area contributed by atoms with Gasteiger partial charge in [-0.3, -0.25) is 9.59 Å². The average Bonchev–Trinajstić information content (AvgIpc) is 2.58. The number of carbonyl (C=O) groups excluding carboxylic acids is 2. The van der Waals surface area contributed by atoms with Crippen LogP contribution < -0.4 is 5.32 Å². The number of nitrogens with zero attached hydrogens (tertiary/aromatic N) is 1. The molecule has 1 amide bonds. The van der Waals surface area contributed by atoms with Crippen molar-refractivity contribution in [3.8, 4) is 6.07 Å². The Hall–Kier alpha value is -2.93. The fourth-order valence-electron chi connectivity index (χ4n) is 2.34. The first-order valence-corrected chi connectivity index (χ1v) is 7.87. The molecule has 0 spiro atoms. The molecular weight excluding hydrogens is 300 g/mol. The van der Waals surface area contributed by atoms with Crippen molar-refractivity contribution in [1.29, 1.82) is 5.26 Å². The summed E-state index contributed by atoms with van der Waals surface area (Å²) in [6, 6.07) is 14.3. The number of benzene rings is 2. The topological polar surface area (TPSA) is 70.0 Å². The van der Waals surface area contributed by atoms with Crippen LogP contribution in [-0.2, 0) is 11.2 Å². The summed E-state index contributed by atoms with van der Waals surface area (Å²) in [5, 5.41) is 11.9. The van der Waals surface area contributed by atoms with Gasteiger partial charge in [-0.25, -0.2) is 0 Å². The van der Waals surface area contributed by atoms with E-state index in [2.05, 4.69) is 5.32 Å². The van der Waals surface area contributed by atoms with E-state index in [0.717, 1.165) is 23.1 Å². The van der Waals surface area contributed by atoms with Crippen LogP contribution in [0.2, 0.25) is 0 Å². The zero-order valence-corrected chi connectivity index (χ0v) is 14.1. The van der Waals surface area contributed by atoms with Gasteiger partial charge in [0.1, 0.15) is 0 Å². The van der Waals surface area contributed by atoms with Gasteiger partial charge in [0.2, 0.25) is 5.91 Å². The van der Waals surface area contributed by atoms with Gasteiger partial charge in [0.15, 0.2) is 11.7 Å². The summed E-state index contributed by atoms with van der Waals surface area (Å²) in [4.78, 5) is 24.8. The molecule has 0 saturated heterocycles. The molecule has 0 fully saturated rings. The van der Waals surface area contributed by atoms with Gasteiger partial charge in [-0.1, -0.05) is 31.2 Å². The molecule has 2 aromatic rings. The van der Waals surface area contributed by atoms with Crippen LogP contribution >= 0.6 is 0 Å². The molecule has 0 aliphatic rings. The number of nitriles is 1. The second-order valence-electron chi connectivity index (χ2n) is 5.77. The molecular formula is C20H20N2O2. The maximum atomic E-state index is 12.5. The average molecular weight is 320 g/mol. The number of amides is 1. The second kappa shape index (κ2) is 7.56. The number of Topliss-reactive ketones (excluding diaryl/α,β-unsaturated/α-hetero) is 1. The summed E-state index contributed by atoms with van der Waals surface area (Å²) in [6.45, 7) is 5.88. The van der Waals surface area contributed by atoms with E-state index in [4.69, 9.17) is 0 Å².